The second kappa shape index (κ2) is 4.78. The van der Waals surface area contributed by atoms with E-state index in [1.807, 2.05) is 19.2 Å². The van der Waals surface area contributed by atoms with E-state index in [2.05, 4.69) is 5.32 Å². The molecule has 0 spiro atoms. The minimum absolute atomic E-state index is 0.0505. The molecule has 1 amide bonds. The molecule has 0 fully saturated rings. The third-order valence-corrected chi connectivity index (χ3v) is 4.24. The summed E-state index contributed by atoms with van der Waals surface area (Å²) in [5.74, 6) is -0.0524. The van der Waals surface area contributed by atoms with Gasteiger partial charge in [0.05, 0.1) is 17.7 Å². The van der Waals surface area contributed by atoms with Crippen molar-refractivity contribution in [1.82, 2.24) is 5.32 Å². The standard InChI is InChI=1S/C13H19NO2S/c1-13(2,8-15)14-12(16)10-7-17-11-6-4-3-5-9(10)11/h7,15H,3-6,8H2,1-2H3,(H,14,16). The number of carbonyl (C=O) groups is 1. The number of aliphatic hydroxyl groups excluding tert-OH is 1. The minimum Gasteiger partial charge on any atom is -0.394 e. The van der Waals surface area contributed by atoms with E-state index in [0.717, 1.165) is 18.4 Å². The second-order valence-electron chi connectivity index (χ2n) is 5.25. The zero-order valence-electron chi connectivity index (χ0n) is 10.4. The summed E-state index contributed by atoms with van der Waals surface area (Å²) in [5.41, 5.74) is 1.49. The fraction of sp³-hybridized carbons (Fsp3) is 0.615. The number of hydrogen-bond donors (Lipinski definition) is 2. The third kappa shape index (κ3) is 2.69. The molecule has 0 radical (unpaired) electrons. The number of amides is 1. The molecule has 1 heterocycles. The fourth-order valence-corrected chi connectivity index (χ4v) is 3.22. The number of carbonyl (C=O) groups excluding carboxylic acids is 1. The number of nitrogens with one attached hydrogen (secondary N) is 1. The Morgan fingerprint density at radius 2 is 2.18 bits per heavy atom. The van der Waals surface area contributed by atoms with E-state index in [1.165, 1.54) is 23.3 Å². The first-order chi connectivity index (χ1) is 8.03. The molecule has 0 unspecified atom stereocenters. The van der Waals surface area contributed by atoms with Crippen LogP contribution in [0.3, 0.4) is 0 Å². The van der Waals surface area contributed by atoms with E-state index in [9.17, 15) is 4.79 Å². The molecule has 1 aliphatic carbocycles. The lowest BCUT2D eigenvalue weighted by atomic mass is 9.95. The summed E-state index contributed by atoms with van der Waals surface area (Å²) in [5, 5.41) is 14.0. The Morgan fingerprint density at radius 1 is 1.47 bits per heavy atom. The monoisotopic (exact) mass is 253 g/mol. The van der Waals surface area contributed by atoms with Gasteiger partial charge in [-0.2, -0.15) is 0 Å². The molecule has 0 aromatic carbocycles. The lowest BCUT2D eigenvalue weighted by Gasteiger charge is -2.24. The van der Waals surface area contributed by atoms with Crippen molar-refractivity contribution in [3.8, 4) is 0 Å². The Balaban J connectivity index is 2.17. The zero-order valence-corrected chi connectivity index (χ0v) is 11.2. The number of rotatable bonds is 3. The summed E-state index contributed by atoms with van der Waals surface area (Å²) in [4.78, 5) is 13.5. The average Bonchev–Trinajstić information content (AvgIpc) is 2.72. The summed E-state index contributed by atoms with van der Waals surface area (Å²) in [6.45, 7) is 3.60. The molecule has 0 aliphatic heterocycles. The van der Waals surface area contributed by atoms with E-state index < -0.39 is 5.54 Å². The van der Waals surface area contributed by atoms with Crippen molar-refractivity contribution in [3.63, 3.8) is 0 Å². The van der Waals surface area contributed by atoms with Gasteiger partial charge < -0.3 is 10.4 Å². The van der Waals surface area contributed by atoms with Crippen LogP contribution < -0.4 is 5.32 Å². The topological polar surface area (TPSA) is 49.3 Å². The quantitative estimate of drug-likeness (QED) is 0.867. The number of fused-ring (bicyclic) bond motifs is 1. The van der Waals surface area contributed by atoms with E-state index in [-0.39, 0.29) is 12.5 Å². The molecule has 0 bridgehead atoms. The first-order valence-electron chi connectivity index (χ1n) is 6.06. The molecular weight excluding hydrogens is 234 g/mol. The SMILES string of the molecule is CC(C)(CO)NC(=O)c1csc2c1CCCC2. The summed E-state index contributed by atoms with van der Waals surface area (Å²) in [6, 6.07) is 0. The van der Waals surface area contributed by atoms with Gasteiger partial charge >= 0.3 is 0 Å². The maximum absolute atomic E-state index is 12.1. The van der Waals surface area contributed by atoms with Crippen LogP contribution in [-0.4, -0.2) is 23.2 Å². The van der Waals surface area contributed by atoms with Gasteiger partial charge in [0.15, 0.2) is 0 Å². The molecule has 1 aromatic heterocycles. The van der Waals surface area contributed by atoms with Crippen LogP contribution in [0.15, 0.2) is 5.38 Å². The number of hydrogen-bond acceptors (Lipinski definition) is 3. The van der Waals surface area contributed by atoms with Crippen molar-refractivity contribution in [2.45, 2.75) is 45.1 Å². The van der Waals surface area contributed by atoms with Gasteiger partial charge in [-0.1, -0.05) is 0 Å². The van der Waals surface area contributed by atoms with Gasteiger partial charge in [-0.3, -0.25) is 4.79 Å². The van der Waals surface area contributed by atoms with Crippen LogP contribution in [0.2, 0.25) is 0 Å². The normalized spacial score (nSPS) is 15.5. The van der Waals surface area contributed by atoms with Crippen molar-refractivity contribution in [3.05, 3.63) is 21.4 Å². The summed E-state index contributed by atoms with van der Waals surface area (Å²) in [6.07, 6.45) is 4.53. The van der Waals surface area contributed by atoms with Crippen LogP contribution in [-0.2, 0) is 12.8 Å². The zero-order chi connectivity index (χ0) is 12.5. The van der Waals surface area contributed by atoms with E-state index in [4.69, 9.17) is 5.11 Å². The highest BCUT2D eigenvalue weighted by atomic mass is 32.1. The van der Waals surface area contributed by atoms with Gasteiger partial charge in [0.25, 0.3) is 5.91 Å². The third-order valence-electron chi connectivity index (χ3n) is 3.15. The average molecular weight is 253 g/mol. The highest BCUT2D eigenvalue weighted by Gasteiger charge is 2.24. The minimum atomic E-state index is -0.555. The van der Waals surface area contributed by atoms with Crippen LogP contribution in [0.4, 0.5) is 0 Å². The van der Waals surface area contributed by atoms with Crippen LogP contribution in [0, 0.1) is 0 Å². The van der Waals surface area contributed by atoms with Gasteiger partial charge in [0.1, 0.15) is 0 Å². The fourth-order valence-electron chi connectivity index (χ4n) is 2.10. The van der Waals surface area contributed by atoms with Crippen LogP contribution in [0.1, 0.15) is 47.5 Å². The van der Waals surface area contributed by atoms with Gasteiger partial charge in [0.2, 0.25) is 0 Å². The predicted octanol–water partition coefficient (Wildman–Crippen LogP) is 2.13. The Kier molecular flexibility index (Phi) is 3.54. The largest absolute Gasteiger partial charge is 0.394 e. The molecule has 1 aliphatic rings. The molecule has 94 valence electrons. The molecule has 3 nitrogen and oxygen atoms in total. The molecule has 17 heavy (non-hydrogen) atoms. The van der Waals surface area contributed by atoms with Crippen LogP contribution in [0.5, 0.6) is 0 Å². The molecule has 0 atom stereocenters. The van der Waals surface area contributed by atoms with Crippen molar-refractivity contribution >= 4 is 17.2 Å². The predicted molar refractivity (Wildman–Crippen MR) is 69.6 cm³/mol. The Bertz CT molecular complexity index is 423. The maximum atomic E-state index is 12.1. The molecule has 2 rings (SSSR count). The summed E-state index contributed by atoms with van der Waals surface area (Å²) in [7, 11) is 0. The highest BCUT2D eigenvalue weighted by Crippen LogP contribution is 2.30. The molecular formula is C13H19NO2S. The maximum Gasteiger partial charge on any atom is 0.252 e. The van der Waals surface area contributed by atoms with Crippen LogP contribution in [0.25, 0.3) is 0 Å². The van der Waals surface area contributed by atoms with E-state index >= 15 is 0 Å². The van der Waals surface area contributed by atoms with Crippen LogP contribution >= 0.6 is 11.3 Å². The molecule has 2 N–H and O–H groups in total. The van der Waals surface area contributed by atoms with Gasteiger partial charge in [0, 0.05) is 10.3 Å². The number of thiophene rings is 1. The van der Waals surface area contributed by atoms with Gasteiger partial charge in [-0.15, -0.1) is 11.3 Å². The lowest BCUT2D eigenvalue weighted by molar-refractivity contribution is 0.0868. The molecule has 1 aromatic rings. The summed E-state index contributed by atoms with van der Waals surface area (Å²) >= 11 is 1.69. The molecule has 0 saturated heterocycles. The lowest BCUT2D eigenvalue weighted by Crippen LogP contribution is -2.46. The smallest absolute Gasteiger partial charge is 0.252 e. The van der Waals surface area contributed by atoms with E-state index in [0.29, 0.717) is 0 Å². The number of aliphatic hydroxyl groups is 1. The van der Waals surface area contributed by atoms with Gasteiger partial charge in [-0.25, -0.2) is 0 Å². The number of aryl methyl sites for hydroxylation is 1. The Hall–Kier alpha value is -0.870. The van der Waals surface area contributed by atoms with Crippen molar-refractivity contribution in [2.75, 3.05) is 6.61 Å². The molecule has 0 saturated carbocycles. The first-order valence-corrected chi connectivity index (χ1v) is 6.94. The highest BCUT2D eigenvalue weighted by molar-refractivity contribution is 7.10. The van der Waals surface area contributed by atoms with Crippen molar-refractivity contribution in [2.24, 2.45) is 0 Å². The molecule has 4 heteroatoms. The van der Waals surface area contributed by atoms with E-state index in [1.54, 1.807) is 11.3 Å². The Labute approximate surface area is 106 Å². The van der Waals surface area contributed by atoms with Crippen molar-refractivity contribution in [1.29, 1.82) is 0 Å². The first kappa shape index (κ1) is 12.6. The summed E-state index contributed by atoms with van der Waals surface area (Å²) < 4.78 is 0. The Morgan fingerprint density at radius 3 is 2.88 bits per heavy atom. The van der Waals surface area contributed by atoms with Gasteiger partial charge in [-0.05, 0) is 45.1 Å². The second-order valence-corrected chi connectivity index (χ2v) is 6.22. The van der Waals surface area contributed by atoms with Crippen molar-refractivity contribution < 1.29 is 9.90 Å².